The highest BCUT2D eigenvalue weighted by Gasteiger charge is 2.47. The van der Waals surface area contributed by atoms with Gasteiger partial charge < -0.3 is 35.2 Å². The van der Waals surface area contributed by atoms with Crippen LogP contribution in [0.2, 0.25) is 0 Å². The van der Waals surface area contributed by atoms with E-state index < -0.39 is 53.2 Å². The Hall–Kier alpha value is -1.71. The van der Waals surface area contributed by atoms with Crippen LogP contribution >= 0.6 is 7.60 Å². The Morgan fingerprint density at radius 2 is 1.91 bits per heavy atom. The zero-order valence-electron chi connectivity index (χ0n) is 18.1. The molecule has 2 aromatic heterocycles. The number of anilines is 1. The fourth-order valence-corrected chi connectivity index (χ4v) is 7.66. The van der Waals surface area contributed by atoms with Crippen molar-refractivity contribution >= 4 is 34.3 Å². The normalized spacial score (nSPS) is 26.5. The van der Waals surface area contributed by atoms with Crippen molar-refractivity contribution in [1.82, 2.24) is 20.0 Å². The summed E-state index contributed by atoms with van der Waals surface area (Å²) in [7, 11) is -9.16. The minimum absolute atomic E-state index is 0.149. The largest absolute Gasteiger partial charge is 0.396 e. The van der Waals surface area contributed by atoms with Crippen LogP contribution in [0.3, 0.4) is 0 Å². The van der Waals surface area contributed by atoms with Gasteiger partial charge in [0.15, 0.2) is 32.7 Å². The first-order valence-electron chi connectivity index (χ1n) is 10.9. The van der Waals surface area contributed by atoms with E-state index >= 15 is 0 Å². The van der Waals surface area contributed by atoms with E-state index in [2.05, 4.69) is 20.6 Å². The molecule has 190 valence electrons. The minimum atomic E-state index is -4.86. The molecular weight excluding hydrogens is 493 g/mol. The number of pyridine rings is 1. The second kappa shape index (κ2) is 9.74. The average molecular weight is 521 g/mol. The molecule has 1 saturated heterocycles. The lowest BCUT2D eigenvalue weighted by molar-refractivity contribution is -0.0375. The summed E-state index contributed by atoms with van der Waals surface area (Å²) < 4.78 is 42.1. The maximum atomic E-state index is 12.1. The molecule has 0 unspecified atom stereocenters. The molecule has 0 spiro atoms. The number of sulfone groups is 1. The van der Waals surface area contributed by atoms with E-state index in [9.17, 15) is 28.3 Å². The molecule has 0 amide bonds. The monoisotopic (exact) mass is 521 g/mol. The van der Waals surface area contributed by atoms with Gasteiger partial charge >= 0.3 is 7.60 Å². The Morgan fingerprint density at radius 3 is 2.56 bits per heavy atom. The van der Waals surface area contributed by atoms with E-state index in [0.29, 0.717) is 16.9 Å². The topological polar surface area (TPSA) is 217 Å². The predicted molar refractivity (Wildman–Crippen MR) is 119 cm³/mol. The minimum Gasteiger partial charge on any atom is -0.396 e. The zero-order chi connectivity index (χ0) is 24.7. The number of hydrogen-bond donors (Lipinski definition) is 6. The Morgan fingerprint density at radius 1 is 1.21 bits per heavy atom. The summed E-state index contributed by atoms with van der Waals surface area (Å²) in [6, 6.07) is 2.02. The number of nitrogens with zero attached hydrogens (tertiary/aromatic N) is 4. The Kier molecular flexibility index (Phi) is 7.27. The van der Waals surface area contributed by atoms with Crippen LogP contribution < -0.4 is 5.32 Å². The van der Waals surface area contributed by atoms with Gasteiger partial charge in [0.25, 0.3) is 0 Å². The number of aliphatic hydroxyl groups is 3. The van der Waals surface area contributed by atoms with Gasteiger partial charge in [0.2, 0.25) is 0 Å². The third-order valence-electron chi connectivity index (χ3n) is 5.93. The maximum absolute atomic E-state index is 12.1. The number of nitrogens with one attached hydrogen (secondary N) is 1. The van der Waals surface area contributed by atoms with E-state index in [0.717, 1.165) is 30.4 Å². The SMILES string of the molecule is O=P(O)(O)CS(=O)(=O)C[C@H]1O[C@@H](n2nnc3c(NC4CCCC4)cc(CCO)nc32)[C@H](O)[C@@H]1O. The first kappa shape index (κ1) is 25.4. The van der Waals surface area contributed by atoms with Gasteiger partial charge in [-0.15, -0.1) is 5.10 Å². The van der Waals surface area contributed by atoms with Gasteiger partial charge in [0, 0.05) is 24.8 Å². The fourth-order valence-electron chi connectivity index (χ4n) is 4.41. The third-order valence-corrected chi connectivity index (χ3v) is 9.68. The van der Waals surface area contributed by atoms with Gasteiger partial charge in [0.05, 0.1) is 11.4 Å². The highest BCUT2D eigenvalue weighted by Crippen LogP contribution is 2.38. The molecule has 4 atom stereocenters. The lowest BCUT2D eigenvalue weighted by Crippen LogP contribution is -2.36. The van der Waals surface area contributed by atoms with Crippen LogP contribution in [0.25, 0.3) is 11.2 Å². The van der Waals surface area contributed by atoms with Gasteiger partial charge in [-0.3, -0.25) is 4.57 Å². The summed E-state index contributed by atoms with van der Waals surface area (Å²) in [6.45, 7) is -0.149. The van der Waals surface area contributed by atoms with Crippen LogP contribution in [-0.4, -0.2) is 95.7 Å². The smallest absolute Gasteiger partial charge is 0.340 e. The van der Waals surface area contributed by atoms with Crippen LogP contribution in [0.4, 0.5) is 5.69 Å². The highest BCUT2D eigenvalue weighted by molar-refractivity contribution is 7.97. The molecule has 1 aliphatic heterocycles. The lowest BCUT2D eigenvalue weighted by atomic mass is 10.1. The maximum Gasteiger partial charge on any atom is 0.340 e. The Balaban J connectivity index is 1.63. The summed E-state index contributed by atoms with van der Waals surface area (Å²) in [5, 5.41) is 41.9. The summed E-state index contributed by atoms with van der Waals surface area (Å²) in [6.07, 6.45) is -1.60. The molecule has 3 heterocycles. The molecule has 0 aromatic carbocycles. The predicted octanol–water partition coefficient (Wildman–Crippen LogP) is -1.12. The van der Waals surface area contributed by atoms with Gasteiger partial charge in [-0.1, -0.05) is 18.1 Å². The molecule has 34 heavy (non-hydrogen) atoms. The van der Waals surface area contributed by atoms with Crippen LogP contribution in [0.15, 0.2) is 6.07 Å². The van der Waals surface area contributed by atoms with Crippen molar-refractivity contribution in [1.29, 1.82) is 0 Å². The fraction of sp³-hybridized carbons (Fsp3) is 0.722. The van der Waals surface area contributed by atoms with Crippen molar-refractivity contribution in [2.24, 2.45) is 0 Å². The van der Waals surface area contributed by atoms with Crippen molar-refractivity contribution in [3.05, 3.63) is 11.8 Å². The second-order valence-corrected chi connectivity index (χ2v) is 12.9. The quantitative estimate of drug-likeness (QED) is 0.216. The molecule has 4 rings (SSSR count). The summed E-state index contributed by atoms with van der Waals surface area (Å²) in [5.74, 6) is -0.906. The molecule has 0 bridgehead atoms. The summed E-state index contributed by atoms with van der Waals surface area (Å²) in [4.78, 5) is 22.4. The van der Waals surface area contributed by atoms with E-state index in [-0.39, 0.29) is 24.7 Å². The van der Waals surface area contributed by atoms with Gasteiger partial charge in [-0.2, -0.15) is 4.68 Å². The molecule has 16 heteroatoms. The van der Waals surface area contributed by atoms with Crippen molar-refractivity contribution < 1.29 is 42.8 Å². The van der Waals surface area contributed by atoms with E-state index in [1.54, 1.807) is 6.07 Å². The number of aliphatic hydroxyl groups excluding tert-OH is 3. The average Bonchev–Trinajstić information content (AvgIpc) is 3.43. The standard InChI is InChI=1S/C18H28N5O9PS/c24-6-5-11-7-12(19-10-3-1-2-4-10)14-17(20-11)23(22-21-14)18-16(26)15(25)13(32-18)8-34(30,31)9-33(27,28)29/h7,10,13,15-16,18,24-26H,1-6,8-9H2,(H,19,20)(H2,27,28,29)/t13-,15-,16-,18-/m1/s1. The van der Waals surface area contributed by atoms with E-state index in [4.69, 9.17) is 14.5 Å². The van der Waals surface area contributed by atoms with Gasteiger partial charge in [-0.25, -0.2) is 13.4 Å². The van der Waals surface area contributed by atoms with Gasteiger partial charge in [0.1, 0.15) is 18.3 Å². The lowest BCUT2D eigenvalue weighted by Gasteiger charge is -2.17. The molecule has 0 radical (unpaired) electrons. The number of ether oxygens (including phenoxy) is 1. The zero-order valence-corrected chi connectivity index (χ0v) is 19.8. The number of rotatable bonds is 9. The van der Waals surface area contributed by atoms with E-state index in [1.807, 2.05) is 0 Å². The molecule has 2 aromatic rings. The molecule has 2 aliphatic rings. The van der Waals surface area contributed by atoms with Crippen molar-refractivity contribution in [3.63, 3.8) is 0 Å². The molecule has 1 aliphatic carbocycles. The molecule has 6 N–H and O–H groups in total. The summed E-state index contributed by atoms with van der Waals surface area (Å²) in [5.41, 5.74) is 0.383. The van der Waals surface area contributed by atoms with Crippen molar-refractivity contribution in [2.45, 2.75) is 62.7 Å². The number of fused-ring (bicyclic) bond motifs is 1. The summed E-state index contributed by atoms with van der Waals surface area (Å²) >= 11 is 0. The van der Waals surface area contributed by atoms with Crippen LogP contribution in [0.1, 0.15) is 37.6 Å². The highest BCUT2D eigenvalue weighted by atomic mass is 32.2. The molecule has 1 saturated carbocycles. The molecular formula is C18H28N5O9PS. The molecule has 14 nitrogen and oxygen atoms in total. The Bertz CT molecular complexity index is 1180. The second-order valence-electron chi connectivity index (χ2n) is 8.72. The van der Waals surface area contributed by atoms with Crippen molar-refractivity contribution in [3.8, 4) is 0 Å². The molecule has 2 fully saturated rings. The van der Waals surface area contributed by atoms with Crippen LogP contribution in [0, 0.1) is 0 Å². The van der Waals surface area contributed by atoms with Crippen LogP contribution in [0.5, 0.6) is 0 Å². The number of hydrogen-bond acceptors (Lipinski definition) is 11. The first-order chi connectivity index (χ1) is 16.0. The third kappa shape index (κ3) is 5.57. The number of aromatic nitrogens is 4. The first-order valence-corrected chi connectivity index (χ1v) is 14.5. The van der Waals surface area contributed by atoms with Gasteiger partial charge in [-0.05, 0) is 18.9 Å². The van der Waals surface area contributed by atoms with Crippen LogP contribution in [-0.2, 0) is 25.6 Å². The Labute approximate surface area is 195 Å². The van der Waals surface area contributed by atoms with Crippen molar-refractivity contribution in [2.75, 3.05) is 23.2 Å². The van der Waals surface area contributed by atoms with E-state index in [1.165, 1.54) is 0 Å².